The Morgan fingerprint density at radius 2 is 2.21 bits per heavy atom. The lowest BCUT2D eigenvalue weighted by Gasteiger charge is -2.25. The van der Waals surface area contributed by atoms with Crippen LogP contribution in [0.25, 0.3) is 0 Å². The molecular weight excluding hydrogens is 308 g/mol. The molecule has 0 saturated carbocycles. The molecular formula is C17H18N4O3. The second-order valence-corrected chi connectivity index (χ2v) is 6.22. The zero-order valence-corrected chi connectivity index (χ0v) is 13.4. The van der Waals surface area contributed by atoms with Crippen LogP contribution in [0.15, 0.2) is 24.3 Å². The topological polar surface area (TPSA) is 86.1 Å². The monoisotopic (exact) mass is 326 g/mol. The summed E-state index contributed by atoms with van der Waals surface area (Å²) in [6.07, 6.45) is 1.55. The summed E-state index contributed by atoms with van der Waals surface area (Å²) in [4.78, 5) is 24.6. The van der Waals surface area contributed by atoms with E-state index in [1.54, 1.807) is 12.1 Å². The molecule has 2 atom stereocenters. The number of nitrogens with zero attached hydrogens (tertiary/aromatic N) is 3. The summed E-state index contributed by atoms with van der Waals surface area (Å²) in [7, 11) is 0. The Hall–Kier alpha value is -2.70. The van der Waals surface area contributed by atoms with Crippen molar-refractivity contribution in [1.29, 1.82) is 0 Å². The van der Waals surface area contributed by atoms with Crippen LogP contribution in [-0.2, 0) is 28.9 Å². The maximum absolute atomic E-state index is 12.5. The molecule has 1 amide bonds. The summed E-state index contributed by atoms with van der Waals surface area (Å²) >= 11 is 0. The maximum atomic E-state index is 12.5. The highest BCUT2D eigenvalue weighted by Crippen LogP contribution is 2.22. The molecule has 7 heteroatoms. The molecule has 4 rings (SSSR count). The molecule has 0 radical (unpaired) electrons. The molecule has 0 spiro atoms. The Morgan fingerprint density at radius 3 is 3.08 bits per heavy atom. The van der Waals surface area contributed by atoms with Crippen LogP contribution in [0.1, 0.15) is 47.0 Å². The van der Waals surface area contributed by atoms with Gasteiger partial charge in [0.05, 0.1) is 11.6 Å². The van der Waals surface area contributed by atoms with E-state index in [9.17, 15) is 9.59 Å². The Morgan fingerprint density at radius 1 is 1.38 bits per heavy atom. The van der Waals surface area contributed by atoms with Crippen LogP contribution in [-0.4, -0.2) is 32.7 Å². The van der Waals surface area contributed by atoms with Crippen molar-refractivity contribution in [3.05, 3.63) is 47.0 Å². The molecule has 2 aliphatic heterocycles. The average molecular weight is 326 g/mol. The molecule has 7 nitrogen and oxygen atoms in total. The van der Waals surface area contributed by atoms with Gasteiger partial charge in [-0.05, 0) is 25.0 Å². The van der Waals surface area contributed by atoms with Crippen molar-refractivity contribution in [2.24, 2.45) is 0 Å². The standard InChI is InChI=1S/C17H18N4O3/c1-10(15-20-19-14-7-4-8-21(14)15)18-16(22)13-9-11-5-2-3-6-12(11)17(23)24-13/h2-3,5-6,10,13H,4,7-9H2,1H3,(H,18,22)/t10-,13-/m1/s1. The van der Waals surface area contributed by atoms with Gasteiger partial charge in [-0.3, -0.25) is 4.79 Å². The van der Waals surface area contributed by atoms with Crippen LogP contribution in [0.3, 0.4) is 0 Å². The lowest BCUT2D eigenvalue weighted by Crippen LogP contribution is -2.43. The molecule has 1 aromatic carbocycles. The third-order valence-electron chi connectivity index (χ3n) is 4.57. The van der Waals surface area contributed by atoms with E-state index in [0.717, 1.165) is 36.6 Å². The number of aryl methyl sites for hydroxylation is 1. The number of carbonyl (C=O) groups excluding carboxylic acids is 2. The number of fused-ring (bicyclic) bond motifs is 2. The number of cyclic esters (lactones) is 1. The smallest absolute Gasteiger partial charge is 0.339 e. The first-order chi connectivity index (χ1) is 11.6. The molecule has 0 aliphatic carbocycles. The highest BCUT2D eigenvalue weighted by atomic mass is 16.5. The van der Waals surface area contributed by atoms with Crippen LogP contribution >= 0.6 is 0 Å². The number of esters is 1. The fourth-order valence-electron chi connectivity index (χ4n) is 3.34. The summed E-state index contributed by atoms with van der Waals surface area (Å²) in [5, 5.41) is 11.2. The van der Waals surface area contributed by atoms with Crippen LogP contribution in [0.5, 0.6) is 0 Å². The molecule has 0 fully saturated rings. The molecule has 1 N–H and O–H groups in total. The first kappa shape index (κ1) is 14.9. The second kappa shape index (κ2) is 5.74. The van der Waals surface area contributed by atoms with E-state index in [0.29, 0.717) is 12.0 Å². The summed E-state index contributed by atoms with van der Waals surface area (Å²) in [5.41, 5.74) is 1.37. The quantitative estimate of drug-likeness (QED) is 0.856. The molecule has 0 saturated heterocycles. The van der Waals surface area contributed by atoms with Gasteiger partial charge in [-0.2, -0.15) is 0 Å². The number of hydrogen-bond acceptors (Lipinski definition) is 5. The molecule has 2 aliphatic rings. The van der Waals surface area contributed by atoms with Crippen LogP contribution in [0, 0.1) is 0 Å². The molecule has 0 unspecified atom stereocenters. The number of hydrogen-bond donors (Lipinski definition) is 1. The summed E-state index contributed by atoms with van der Waals surface area (Å²) in [6.45, 7) is 2.75. The number of carbonyl (C=O) groups is 2. The second-order valence-electron chi connectivity index (χ2n) is 6.22. The van der Waals surface area contributed by atoms with E-state index < -0.39 is 12.1 Å². The highest BCUT2D eigenvalue weighted by molar-refractivity contribution is 5.95. The van der Waals surface area contributed by atoms with Crippen molar-refractivity contribution >= 4 is 11.9 Å². The molecule has 0 bridgehead atoms. The van der Waals surface area contributed by atoms with E-state index in [4.69, 9.17) is 4.74 Å². The van der Waals surface area contributed by atoms with Crippen molar-refractivity contribution in [2.75, 3.05) is 0 Å². The zero-order valence-electron chi connectivity index (χ0n) is 13.4. The fourth-order valence-corrected chi connectivity index (χ4v) is 3.34. The number of amides is 1. The van der Waals surface area contributed by atoms with E-state index in [1.165, 1.54) is 0 Å². The van der Waals surface area contributed by atoms with Gasteiger partial charge in [0, 0.05) is 19.4 Å². The molecule has 1 aromatic heterocycles. The van der Waals surface area contributed by atoms with Crippen molar-refractivity contribution in [3.63, 3.8) is 0 Å². The predicted molar refractivity (Wildman–Crippen MR) is 84.3 cm³/mol. The largest absolute Gasteiger partial charge is 0.448 e. The molecule has 124 valence electrons. The lowest BCUT2D eigenvalue weighted by molar-refractivity contribution is -0.131. The Kier molecular flexibility index (Phi) is 3.55. The minimum atomic E-state index is -0.809. The van der Waals surface area contributed by atoms with Gasteiger partial charge in [0.1, 0.15) is 5.82 Å². The van der Waals surface area contributed by atoms with Crippen LogP contribution in [0.2, 0.25) is 0 Å². The predicted octanol–water partition coefficient (Wildman–Crippen LogP) is 1.18. The van der Waals surface area contributed by atoms with Gasteiger partial charge in [-0.25, -0.2) is 4.79 Å². The minimum Gasteiger partial charge on any atom is -0.448 e. The van der Waals surface area contributed by atoms with Crippen molar-refractivity contribution < 1.29 is 14.3 Å². The Labute approximate surface area is 139 Å². The van der Waals surface area contributed by atoms with Gasteiger partial charge in [0.2, 0.25) is 0 Å². The first-order valence-corrected chi connectivity index (χ1v) is 8.14. The van der Waals surface area contributed by atoms with Gasteiger partial charge in [-0.1, -0.05) is 18.2 Å². The zero-order chi connectivity index (χ0) is 16.7. The van der Waals surface area contributed by atoms with Gasteiger partial charge in [0.15, 0.2) is 11.9 Å². The third-order valence-corrected chi connectivity index (χ3v) is 4.57. The van der Waals surface area contributed by atoms with E-state index in [2.05, 4.69) is 15.5 Å². The Bertz CT molecular complexity index is 814. The normalized spacial score (nSPS) is 20.0. The number of ether oxygens (including phenoxy) is 1. The summed E-state index contributed by atoms with van der Waals surface area (Å²) in [5.74, 6) is 0.955. The number of aromatic nitrogens is 3. The first-order valence-electron chi connectivity index (χ1n) is 8.14. The molecule has 2 aromatic rings. The average Bonchev–Trinajstić information content (AvgIpc) is 3.17. The van der Waals surface area contributed by atoms with Gasteiger partial charge in [-0.15, -0.1) is 10.2 Å². The maximum Gasteiger partial charge on any atom is 0.339 e. The Balaban J connectivity index is 1.48. The number of rotatable bonds is 3. The van der Waals surface area contributed by atoms with Crippen LogP contribution < -0.4 is 5.32 Å². The highest BCUT2D eigenvalue weighted by Gasteiger charge is 2.32. The fraction of sp³-hybridized carbons (Fsp3) is 0.412. The van der Waals surface area contributed by atoms with Crippen molar-refractivity contribution in [2.45, 2.75) is 44.9 Å². The van der Waals surface area contributed by atoms with Crippen molar-refractivity contribution in [1.82, 2.24) is 20.1 Å². The number of nitrogens with one attached hydrogen (secondary N) is 1. The lowest BCUT2D eigenvalue weighted by atomic mass is 9.98. The minimum absolute atomic E-state index is 0.285. The van der Waals surface area contributed by atoms with Crippen molar-refractivity contribution in [3.8, 4) is 0 Å². The third kappa shape index (κ3) is 2.46. The number of benzene rings is 1. The van der Waals surface area contributed by atoms with Gasteiger partial charge < -0.3 is 14.6 Å². The van der Waals surface area contributed by atoms with E-state index >= 15 is 0 Å². The van der Waals surface area contributed by atoms with E-state index in [1.807, 2.05) is 23.6 Å². The van der Waals surface area contributed by atoms with E-state index in [-0.39, 0.29) is 11.9 Å². The van der Waals surface area contributed by atoms with Gasteiger partial charge in [0.25, 0.3) is 5.91 Å². The molecule has 24 heavy (non-hydrogen) atoms. The van der Waals surface area contributed by atoms with Crippen LogP contribution in [0.4, 0.5) is 0 Å². The molecule has 3 heterocycles. The van der Waals surface area contributed by atoms with Gasteiger partial charge >= 0.3 is 5.97 Å². The summed E-state index contributed by atoms with van der Waals surface area (Å²) in [6, 6.07) is 6.93. The summed E-state index contributed by atoms with van der Waals surface area (Å²) < 4.78 is 7.34. The SMILES string of the molecule is C[C@@H](NC(=O)[C@H]1Cc2ccccc2C(=O)O1)c1nnc2n1CCC2.